The van der Waals surface area contributed by atoms with E-state index in [2.05, 4.69) is 15.0 Å². The summed E-state index contributed by atoms with van der Waals surface area (Å²) in [5, 5.41) is 18.0. The quantitative estimate of drug-likeness (QED) is 0.621. The van der Waals surface area contributed by atoms with Gasteiger partial charge in [0.05, 0.1) is 0 Å². The van der Waals surface area contributed by atoms with Gasteiger partial charge in [-0.3, -0.25) is 0 Å². The van der Waals surface area contributed by atoms with Crippen molar-refractivity contribution in [3.63, 3.8) is 0 Å². The summed E-state index contributed by atoms with van der Waals surface area (Å²) in [5.41, 5.74) is 1.97. The smallest absolute Gasteiger partial charge is 0.180 e. The molecule has 2 unspecified atom stereocenters. The van der Waals surface area contributed by atoms with Crippen LogP contribution >= 0.6 is 16.7 Å². The molecule has 2 aromatic rings. The maximum Gasteiger partial charge on any atom is 0.180 e. The number of para-hydroxylation sites is 1. The molecule has 132 valence electrons. The first-order chi connectivity index (χ1) is 10.3. The standard InChI is InChI=1S/C10H13N4OP.F6P/c15-10-6-3-7-13(10)16-14-9-5-2-1-4-8(9)11-12-14;1-7(2,3,4,5)6/h1-2,4-5,10,15-16H,3,6-7H2;/q;-1/p+1. The fourth-order valence-electron chi connectivity index (χ4n) is 2.02. The number of aliphatic hydroxyl groups is 1. The Bertz CT molecular complexity index is 680. The van der Waals surface area contributed by atoms with Crippen molar-refractivity contribution in [2.24, 2.45) is 0 Å². The van der Waals surface area contributed by atoms with Crippen molar-refractivity contribution in [3.05, 3.63) is 24.3 Å². The fourth-order valence-corrected chi connectivity index (χ4v) is 3.34. The van der Waals surface area contributed by atoms with E-state index in [1.807, 2.05) is 28.7 Å². The van der Waals surface area contributed by atoms with Gasteiger partial charge in [0.25, 0.3) is 0 Å². The number of halogens is 6. The molecular weight excluding hydrogens is 368 g/mol. The Morgan fingerprint density at radius 2 is 1.74 bits per heavy atom. The van der Waals surface area contributed by atoms with Crippen molar-refractivity contribution in [3.8, 4) is 0 Å². The number of rotatable bonds is 2. The Labute approximate surface area is 128 Å². The summed E-state index contributed by atoms with van der Waals surface area (Å²) in [5.74, 6) is 0. The van der Waals surface area contributed by atoms with Gasteiger partial charge in [-0.25, -0.2) is 0 Å². The molecule has 0 aliphatic carbocycles. The summed E-state index contributed by atoms with van der Waals surface area (Å²) < 4.78 is 63.2. The van der Waals surface area contributed by atoms with E-state index in [4.69, 9.17) is 0 Å². The maximum absolute atomic E-state index is 10.7. The monoisotopic (exact) mass is 382 g/mol. The Balaban J connectivity index is 0.000000236. The van der Waals surface area contributed by atoms with Gasteiger partial charge in [0.2, 0.25) is 0 Å². The van der Waals surface area contributed by atoms with Gasteiger partial charge in [-0.05, 0) is 30.2 Å². The number of hydrogen-bond donors (Lipinski definition) is 1. The van der Waals surface area contributed by atoms with E-state index in [1.54, 1.807) is 0 Å². The number of fused-ring (bicyclic) bond motifs is 1. The third-order valence-corrected chi connectivity index (χ3v) is 4.40. The number of aliphatic hydroxyl groups excluding tert-OH is 1. The number of benzene rings is 1. The molecule has 1 saturated heterocycles. The van der Waals surface area contributed by atoms with Gasteiger partial charge in [-0.15, -0.1) is 14.2 Å². The van der Waals surface area contributed by atoms with Gasteiger partial charge < -0.3 is 5.11 Å². The maximum atomic E-state index is 9.87. The minimum atomic E-state index is -10.7. The molecule has 0 amide bonds. The third kappa shape index (κ3) is 6.95. The van der Waals surface area contributed by atoms with E-state index in [-0.39, 0.29) is 15.1 Å². The van der Waals surface area contributed by atoms with E-state index in [0.29, 0.717) is 0 Å². The summed E-state index contributed by atoms with van der Waals surface area (Å²) in [7, 11) is -10.9. The van der Waals surface area contributed by atoms with Gasteiger partial charge in [0.1, 0.15) is 17.3 Å². The van der Waals surface area contributed by atoms with Crippen molar-refractivity contribution in [1.29, 1.82) is 0 Å². The summed E-state index contributed by atoms with van der Waals surface area (Å²) in [4.78, 5) is 0. The van der Waals surface area contributed by atoms with Crippen LogP contribution in [0.25, 0.3) is 11.0 Å². The van der Waals surface area contributed by atoms with Crippen molar-refractivity contribution in [1.82, 2.24) is 19.4 Å². The van der Waals surface area contributed by atoms with E-state index in [1.165, 1.54) is 0 Å². The SMILES string of the molecule is F[P-](F)(F)(F)(F)F.OC1CCCN1[PH2+]n1nnc2ccccc21. The van der Waals surface area contributed by atoms with E-state index >= 15 is 0 Å². The van der Waals surface area contributed by atoms with Crippen LogP contribution in [0.4, 0.5) is 25.2 Å². The average Bonchev–Trinajstić information content (AvgIpc) is 2.94. The second kappa shape index (κ2) is 5.51. The Morgan fingerprint density at radius 3 is 2.30 bits per heavy atom. The van der Waals surface area contributed by atoms with Crippen molar-refractivity contribution in [2.75, 3.05) is 6.54 Å². The summed E-state index contributed by atoms with van der Waals surface area (Å²) in [6.07, 6.45) is 1.65. The van der Waals surface area contributed by atoms with Crippen LogP contribution in [0.15, 0.2) is 24.3 Å². The molecule has 2 heterocycles. The molecule has 1 aliphatic heterocycles. The summed E-state index contributed by atoms with van der Waals surface area (Å²) >= 11 is 0. The van der Waals surface area contributed by atoms with Gasteiger partial charge in [0, 0.05) is 6.54 Å². The van der Waals surface area contributed by atoms with Crippen LogP contribution in [0, 0.1) is 0 Å². The van der Waals surface area contributed by atoms with E-state index in [9.17, 15) is 30.3 Å². The first kappa shape index (κ1) is 18.3. The fraction of sp³-hybridized carbons (Fsp3) is 0.400. The summed E-state index contributed by atoms with van der Waals surface area (Å²) in [6, 6.07) is 7.92. The molecule has 1 aliphatic rings. The Hall–Kier alpha value is -1.02. The van der Waals surface area contributed by atoms with Crippen molar-refractivity contribution in [2.45, 2.75) is 19.1 Å². The number of aromatic nitrogens is 3. The molecule has 1 N–H and O–H groups in total. The molecule has 23 heavy (non-hydrogen) atoms. The first-order valence-corrected chi connectivity index (χ1v) is 9.51. The molecule has 1 fully saturated rings. The van der Waals surface area contributed by atoms with Crippen LogP contribution < -0.4 is 0 Å². The van der Waals surface area contributed by atoms with Gasteiger partial charge in [-0.2, -0.15) is 0 Å². The number of hydrogen-bond acceptors (Lipinski definition) is 4. The summed E-state index contributed by atoms with van der Waals surface area (Å²) in [6.45, 7) is 0.963. The molecule has 1 aromatic carbocycles. The molecule has 0 spiro atoms. The Morgan fingerprint density at radius 1 is 1.13 bits per heavy atom. The van der Waals surface area contributed by atoms with Crippen LogP contribution in [-0.4, -0.2) is 37.3 Å². The average molecular weight is 382 g/mol. The second-order valence-corrected chi connectivity index (χ2v) is 8.26. The van der Waals surface area contributed by atoms with Gasteiger partial charge >= 0.3 is 33.0 Å². The van der Waals surface area contributed by atoms with Crippen LogP contribution in [0.5, 0.6) is 0 Å². The third-order valence-electron chi connectivity index (χ3n) is 2.90. The minimum Gasteiger partial charge on any atom is -0.375 e. The molecule has 0 bridgehead atoms. The molecule has 13 heteroatoms. The van der Waals surface area contributed by atoms with Crippen molar-refractivity contribution < 1.29 is 30.3 Å². The zero-order valence-electron chi connectivity index (χ0n) is 11.5. The van der Waals surface area contributed by atoms with Crippen LogP contribution in [0.1, 0.15) is 12.8 Å². The molecule has 0 saturated carbocycles. The van der Waals surface area contributed by atoms with Crippen LogP contribution in [0.2, 0.25) is 0 Å². The second-order valence-electron chi connectivity index (χ2n) is 4.96. The number of nitrogens with zero attached hydrogens (tertiary/aromatic N) is 4. The normalized spacial score (nSPS) is 22.8. The van der Waals surface area contributed by atoms with Crippen LogP contribution in [0.3, 0.4) is 0 Å². The topological polar surface area (TPSA) is 54.2 Å². The minimum absolute atomic E-state index is 0.196. The molecule has 5 nitrogen and oxygen atoms in total. The molecular formula is C10H14F6N4OP2. The molecule has 2 atom stereocenters. The predicted octanol–water partition coefficient (Wildman–Crippen LogP) is 4.32. The zero-order chi connectivity index (χ0) is 17.4. The molecule has 1 aromatic heterocycles. The van der Waals surface area contributed by atoms with E-state index < -0.39 is 7.81 Å². The largest absolute Gasteiger partial charge is 0.375 e. The molecule has 3 rings (SSSR count). The Kier molecular flexibility index (Phi) is 4.39. The first-order valence-electron chi connectivity index (χ1n) is 6.45. The van der Waals surface area contributed by atoms with Gasteiger partial charge in [-0.1, -0.05) is 12.1 Å². The molecule has 0 radical (unpaired) electrons. The van der Waals surface area contributed by atoms with E-state index in [0.717, 1.165) is 30.4 Å². The predicted molar refractivity (Wildman–Crippen MR) is 78.2 cm³/mol. The van der Waals surface area contributed by atoms with Crippen molar-refractivity contribution >= 4 is 27.7 Å². The van der Waals surface area contributed by atoms with Gasteiger partial charge in [0.15, 0.2) is 8.88 Å². The zero-order valence-corrected chi connectivity index (χ0v) is 13.6. The van der Waals surface area contributed by atoms with Crippen LogP contribution in [-0.2, 0) is 0 Å².